The predicted molar refractivity (Wildman–Crippen MR) is 68.7 cm³/mol. The van der Waals surface area contributed by atoms with E-state index < -0.39 is 0 Å². The smallest absolute Gasteiger partial charge is 0.221 e. The fourth-order valence-corrected chi connectivity index (χ4v) is 2.45. The minimum Gasteiger partial charge on any atom is -0.396 e. The maximum atomic E-state index is 11.6. The number of carbonyl (C=O) groups excluding carboxylic acids is 1. The molecule has 0 spiro atoms. The summed E-state index contributed by atoms with van der Waals surface area (Å²) >= 11 is 0. The van der Waals surface area contributed by atoms with Crippen LogP contribution in [0, 0.1) is 11.8 Å². The van der Waals surface area contributed by atoms with Gasteiger partial charge in [-0.2, -0.15) is 0 Å². The zero-order valence-corrected chi connectivity index (χ0v) is 11.1. The lowest BCUT2D eigenvalue weighted by Gasteiger charge is -2.30. The number of aliphatic hydroxyl groups is 1. The Morgan fingerprint density at radius 1 is 1.29 bits per heavy atom. The minimum atomic E-state index is 0.126. The van der Waals surface area contributed by atoms with Crippen LogP contribution in [-0.2, 0) is 4.79 Å². The van der Waals surface area contributed by atoms with Gasteiger partial charge in [-0.05, 0) is 38.8 Å². The first kappa shape index (κ1) is 14.5. The van der Waals surface area contributed by atoms with Crippen LogP contribution in [-0.4, -0.2) is 49.7 Å². The molecular formula is C13H26N2O2. The number of nitrogens with zero attached hydrogens (tertiary/aromatic N) is 1. The van der Waals surface area contributed by atoms with Crippen LogP contribution in [0.3, 0.4) is 0 Å². The Labute approximate surface area is 104 Å². The monoisotopic (exact) mass is 242 g/mol. The molecule has 2 N–H and O–H groups in total. The average molecular weight is 242 g/mol. The molecule has 0 heterocycles. The molecular weight excluding hydrogens is 216 g/mol. The summed E-state index contributed by atoms with van der Waals surface area (Å²) in [6.45, 7) is 1.79. The van der Waals surface area contributed by atoms with E-state index in [1.54, 1.807) is 0 Å². The van der Waals surface area contributed by atoms with Gasteiger partial charge in [-0.15, -0.1) is 0 Å². The first-order valence-corrected chi connectivity index (χ1v) is 6.65. The van der Waals surface area contributed by atoms with Crippen molar-refractivity contribution in [3.05, 3.63) is 0 Å². The Morgan fingerprint density at radius 2 is 1.94 bits per heavy atom. The van der Waals surface area contributed by atoms with Gasteiger partial charge < -0.3 is 15.3 Å². The zero-order chi connectivity index (χ0) is 12.7. The second kappa shape index (κ2) is 7.67. The molecule has 0 aliphatic heterocycles. The molecule has 1 fully saturated rings. The Bertz CT molecular complexity index is 231. The summed E-state index contributed by atoms with van der Waals surface area (Å²) in [6, 6.07) is 0. The third-order valence-electron chi connectivity index (χ3n) is 3.65. The number of amides is 1. The van der Waals surface area contributed by atoms with E-state index in [1.165, 1.54) is 12.8 Å². The summed E-state index contributed by atoms with van der Waals surface area (Å²) in [7, 11) is 3.94. The lowest BCUT2D eigenvalue weighted by atomic mass is 9.79. The summed E-state index contributed by atoms with van der Waals surface area (Å²) < 4.78 is 0. The van der Waals surface area contributed by atoms with E-state index in [0.29, 0.717) is 18.3 Å². The number of carbonyl (C=O) groups is 1. The fourth-order valence-electron chi connectivity index (χ4n) is 2.45. The highest BCUT2D eigenvalue weighted by Crippen LogP contribution is 2.28. The molecule has 1 aliphatic carbocycles. The van der Waals surface area contributed by atoms with E-state index >= 15 is 0 Å². The molecule has 1 saturated carbocycles. The van der Waals surface area contributed by atoms with Crippen molar-refractivity contribution in [1.29, 1.82) is 0 Å². The van der Waals surface area contributed by atoms with Crippen LogP contribution in [0.25, 0.3) is 0 Å². The van der Waals surface area contributed by atoms with E-state index in [9.17, 15) is 9.90 Å². The van der Waals surface area contributed by atoms with Gasteiger partial charge >= 0.3 is 0 Å². The fraction of sp³-hybridized carbons (Fsp3) is 0.923. The van der Waals surface area contributed by atoms with Crippen LogP contribution < -0.4 is 5.32 Å². The molecule has 0 aromatic carbocycles. The first-order valence-electron chi connectivity index (χ1n) is 6.65. The predicted octanol–water partition coefficient (Wildman–Crippen LogP) is 0.853. The summed E-state index contributed by atoms with van der Waals surface area (Å²) in [5, 5.41) is 12.3. The lowest BCUT2D eigenvalue weighted by Crippen LogP contribution is -2.36. The van der Waals surface area contributed by atoms with E-state index in [1.807, 2.05) is 19.0 Å². The molecule has 17 heavy (non-hydrogen) atoms. The third kappa shape index (κ3) is 5.50. The van der Waals surface area contributed by atoms with Gasteiger partial charge in [0.25, 0.3) is 0 Å². The summed E-state index contributed by atoms with van der Waals surface area (Å²) in [5.74, 6) is 0.982. The molecule has 0 saturated heterocycles. The van der Waals surface area contributed by atoms with Crippen molar-refractivity contribution >= 4 is 5.91 Å². The van der Waals surface area contributed by atoms with Gasteiger partial charge in [0.15, 0.2) is 0 Å². The standard InChI is InChI=1S/C13H26N2O2/c1-15(2)8-7-13(17)14-9-11-5-3-4-6-12(11)10-16/h11-12,16H,3-10H2,1-2H3,(H,14,17). The normalized spacial score (nSPS) is 24.9. The van der Waals surface area contributed by atoms with Crippen LogP contribution in [0.5, 0.6) is 0 Å². The van der Waals surface area contributed by atoms with Gasteiger partial charge in [-0.25, -0.2) is 0 Å². The number of hydrogen-bond donors (Lipinski definition) is 2. The summed E-state index contributed by atoms with van der Waals surface area (Å²) in [5.41, 5.74) is 0. The molecule has 0 aromatic rings. The minimum absolute atomic E-state index is 0.126. The highest BCUT2D eigenvalue weighted by Gasteiger charge is 2.24. The lowest BCUT2D eigenvalue weighted by molar-refractivity contribution is -0.121. The third-order valence-corrected chi connectivity index (χ3v) is 3.65. The van der Waals surface area contributed by atoms with E-state index in [0.717, 1.165) is 25.9 Å². The van der Waals surface area contributed by atoms with Crippen LogP contribution in [0.2, 0.25) is 0 Å². The van der Waals surface area contributed by atoms with Crippen LogP contribution in [0.15, 0.2) is 0 Å². The molecule has 2 unspecified atom stereocenters. The molecule has 2 atom stereocenters. The Hall–Kier alpha value is -0.610. The molecule has 0 radical (unpaired) electrons. The van der Waals surface area contributed by atoms with Crippen LogP contribution >= 0.6 is 0 Å². The zero-order valence-electron chi connectivity index (χ0n) is 11.1. The Balaban J connectivity index is 2.21. The molecule has 1 aliphatic rings. The van der Waals surface area contributed by atoms with Gasteiger partial charge in [-0.3, -0.25) is 4.79 Å². The van der Waals surface area contributed by atoms with Gasteiger partial charge in [-0.1, -0.05) is 12.8 Å². The molecule has 0 aromatic heterocycles. The molecule has 4 heteroatoms. The van der Waals surface area contributed by atoms with E-state index in [2.05, 4.69) is 5.32 Å². The number of hydrogen-bond acceptors (Lipinski definition) is 3. The van der Waals surface area contributed by atoms with Gasteiger partial charge in [0.1, 0.15) is 0 Å². The van der Waals surface area contributed by atoms with E-state index in [4.69, 9.17) is 0 Å². The molecule has 100 valence electrons. The topological polar surface area (TPSA) is 52.6 Å². The van der Waals surface area contributed by atoms with Crippen LogP contribution in [0.1, 0.15) is 32.1 Å². The highest BCUT2D eigenvalue weighted by molar-refractivity contribution is 5.76. The maximum Gasteiger partial charge on any atom is 0.221 e. The van der Waals surface area contributed by atoms with Gasteiger partial charge in [0.2, 0.25) is 5.91 Å². The Morgan fingerprint density at radius 3 is 2.53 bits per heavy atom. The van der Waals surface area contributed by atoms with Crippen molar-refractivity contribution in [3.63, 3.8) is 0 Å². The summed E-state index contributed by atoms with van der Waals surface area (Å²) in [6.07, 6.45) is 5.25. The van der Waals surface area contributed by atoms with Crippen molar-refractivity contribution in [2.24, 2.45) is 11.8 Å². The van der Waals surface area contributed by atoms with Crippen LogP contribution in [0.4, 0.5) is 0 Å². The van der Waals surface area contributed by atoms with Crippen molar-refractivity contribution in [2.75, 3.05) is 33.8 Å². The van der Waals surface area contributed by atoms with Crippen molar-refractivity contribution in [2.45, 2.75) is 32.1 Å². The van der Waals surface area contributed by atoms with Crippen molar-refractivity contribution < 1.29 is 9.90 Å². The SMILES string of the molecule is CN(C)CCC(=O)NCC1CCCCC1CO. The van der Waals surface area contributed by atoms with E-state index in [-0.39, 0.29) is 12.5 Å². The molecule has 4 nitrogen and oxygen atoms in total. The van der Waals surface area contributed by atoms with Crippen molar-refractivity contribution in [1.82, 2.24) is 10.2 Å². The maximum absolute atomic E-state index is 11.6. The largest absolute Gasteiger partial charge is 0.396 e. The average Bonchev–Trinajstić information content (AvgIpc) is 2.34. The molecule has 0 bridgehead atoms. The van der Waals surface area contributed by atoms with Crippen molar-refractivity contribution in [3.8, 4) is 0 Å². The highest BCUT2D eigenvalue weighted by atomic mass is 16.3. The second-order valence-corrected chi connectivity index (χ2v) is 5.34. The molecule has 1 amide bonds. The first-order chi connectivity index (χ1) is 8.13. The molecule has 1 rings (SSSR count). The van der Waals surface area contributed by atoms with Gasteiger partial charge in [0, 0.05) is 26.1 Å². The number of rotatable bonds is 6. The number of nitrogens with one attached hydrogen (secondary N) is 1. The number of aliphatic hydroxyl groups excluding tert-OH is 1. The Kier molecular flexibility index (Phi) is 6.52. The second-order valence-electron chi connectivity index (χ2n) is 5.34. The summed E-state index contributed by atoms with van der Waals surface area (Å²) in [4.78, 5) is 13.6. The van der Waals surface area contributed by atoms with Gasteiger partial charge in [0.05, 0.1) is 0 Å². The quantitative estimate of drug-likeness (QED) is 0.726.